The van der Waals surface area contributed by atoms with Crippen molar-refractivity contribution in [2.24, 2.45) is 5.92 Å². The normalized spacial score (nSPS) is 15.4. The van der Waals surface area contributed by atoms with Crippen LogP contribution in [0.1, 0.15) is 24.1 Å². The number of amides is 1. The van der Waals surface area contributed by atoms with Crippen molar-refractivity contribution in [3.8, 4) is 5.75 Å². The number of carbonyl (C=O) groups excluding carboxylic acids is 1. The second kappa shape index (κ2) is 8.45. The minimum atomic E-state index is -4.50. The minimum absolute atomic E-state index is 0.0481. The zero-order valence-corrected chi connectivity index (χ0v) is 15.4. The fraction of sp³-hybridized carbons (Fsp3) is 0.421. The third-order valence-corrected chi connectivity index (χ3v) is 4.71. The zero-order chi connectivity index (χ0) is 20.1. The van der Waals surface area contributed by atoms with Crippen molar-refractivity contribution in [2.45, 2.75) is 25.6 Å². The number of methoxy groups -OCH3 is 1. The average Bonchev–Trinajstić information content (AvgIpc) is 2.72. The summed E-state index contributed by atoms with van der Waals surface area (Å²) >= 11 is 0. The lowest BCUT2D eigenvalue weighted by atomic mass is 9.96. The van der Waals surface area contributed by atoms with Crippen LogP contribution in [0, 0.1) is 5.92 Å². The monoisotopic (exact) mass is 394 g/mol. The molecule has 1 aliphatic heterocycles. The van der Waals surface area contributed by atoms with Gasteiger partial charge in [0.05, 0.1) is 7.11 Å². The van der Waals surface area contributed by atoms with Crippen LogP contribution < -0.4 is 15.0 Å². The van der Waals surface area contributed by atoms with Crippen molar-refractivity contribution in [3.63, 3.8) is 0 Å². The summed E-state index contributed by atoms with van der Waals surface area (Å²) in [5.41, 5.74) is 0.000750. The van der Waals surface area contributed by atoms with Gasteiger partial charge in [-0.2, -0.15) is 13.2 Å². The van der Waals surface area contributed by atoms with E-state index in [4.69, 9.17) is 4.74 Å². The van der Waals surface area contributed by atoms with E-state index in [0.717, 1.165) is 23.6 Å². The first-order chi connectivity index (χ1) is 13.4. The molecule has 1 amide bonds. The Kier molecular flexibility index (Phi) is 6.01. The second-order valence-electron chi connectivity index (χ2n) is 6.57. The molecule has 6 nitrogen and oxygen atoms in total. The summed E-state index contributed by atoms with van der Waals surface area (Å²) in [6.45, 7) is 1.28. The molecule has 0 saturated carbocycles. The van der Waals surface area contributed by atoms with Crippen LogP contribution in [-0.2, 0) is 17.5 Å². The molecule has 2 heterocycles. The molecular weight excluding hydrogens is 373 g/mol. The highest BCUT2D eigenvalue weighted by molar-refractivity contribution is 5.78. The summed E-state index contributed by atoms with van der Waals surface area (Å²) in [5.74, 6) is 0.562. The molecule has 9 heteroatoms. The number of benzene rings is 1. The van der Waals surface area contributed by atoms with E-state index in [0.29, 0.717) is 32.5 Å². The van der Waals surface area contributed by atoms with Crippen LogP contribution in [0.3, 0.4) is 0 Å². The van der Waals surface area contributed by atoms with E-state index in [2.05, 4.69) is 15.3 Å². The summed E-state index contributed by atoms with van der Waals surface area (Å²) in [5, 5.41) is 2.91. The maximum atomic E-state index is 12.8. The van der Waals surface area contributed by atoms with Gasteiger partial charge in [-0.05, 0) is 36.6 Å². The van der Waals surface area contributed by atoms with Gasteiger partial charge in [0, 0.05) is 31.7 Å². The number of piperidine rings is 1. The number of nitrogens with zero attached hydrogens (tertiary/aromatic N) is 3. The number of hydrogen-bond donors (Lipinski definition) is 1. The molecule has 0 aliphatic carbocycles. The Balaban J connectivity index is 1.51. The number of rotatable bonds is 5. The number of anilines is 1. The molecule has 1 N–H and O–H groups in total. The minimum Gasteiger partial charge on any atom is -0.497 e. The highest BCUT2D eigenvalue weighted by Gasteiger charge is 2.34. The summed E-state index contributed by atoms with van der Waals surface area (Å²) in [7, 11) is 1.59. The molecule has 3 rings (SSSR count). The first kappa shape index (κ1) is 19.9. The van der Waals surface area contributed by atoms with Crippen molar-refractivity contribution in [3.05, 3.63) is 47.8 Å². The largest absolute Gasteiger partial charge is 0.497 e. The summed E-state index contributed by atoms with van der Waals surface area (Å²) in [6.07, 6.45) is -2.32. The van der Waals surface area contributed by atoms with Gasteiger partial charge < -0.3 is 15.0 Å². The van der Waals surface area contributed by atoms with Gasteiger partial charge in [-0.1, -0.05) is 12.1 Å². The predicted octanol–water partition coefficient (Wildman–Crippen LogP) is 3.04. The fourth-order valence-corrected chi connectivity index (χ4v) is 3.08. The number of halogens is 3. The predicted molar refractivity (Wildman–Crippen MR) is 96.8 cm³/mol. The molecule has 1 fully saturated rings. The Bertz CT molecular complexity index is 804. The molecule has 1 aromatic carbocycles. The first-order valence-electron chi connectivity index (χ1n) is 8.92. The maximum absolute atomic E-state index is 12.8. The third kappa shape index (κ3) is 4.90. The molecule has 0 radical (unpaired) electrons. The number of nitrogens with one attached hydrogen (secondary N) is 1. The van der Waals surface area contributed by atoms with E-state index in [1.165, 1.54) is 0 Å². The van der Waals surface area contributed by atoms with Gasteiger partial charge in [0.15, 0.2) is 0 Å². The van der Waals surface area contributed by atoms with E-state index >= 15 is 0 Å². The number of hydrogen-bond acceptors (Lipinski definition) is 5. The van der Waals surface area contributed by atoms with E-state index in [9.17, 15) is 18.0 Å². The van der Waals surface area contributed by atoms with Gasteiger partial charge >= 0.3 is 6.18 Å². The zero-order valence-electron chi connectivity index (χ0n) is 15.4. The van der Waals surface area contributed by atoms with Crippen LogP contribution in [0.5, 0.6) is 5.75 Å². The molecule has 1 saturated heterocycles. The molecule has 0 spiro atoms. The Morgan fingerprint density at radius 1 is 1.21 bits per heavy atom. The molecule has 150 valence electrons. The molecule has 2 aromatic rings. The summed E-state index contributed by atoms with van der Waals surface area (Å²) in [4.78, 5) is 21.6. The average molecular weight is 394 g/mol. The number of carbonyl (C=O) groups is 1. The van der Waals surface area contributed by atoms with Crippen LogP contribution in [-0.4, -0.2) is 36.1 Å². The number of ether oxygens (including phenoxy) is 1. The van der Waals surface area contributed by atoms with Crippen LogP contribution in [0.4, 0.5) is 19.1 Å². The number of aromatic nitrogens is 2. The van der Waals surface area contributed by atoms with Gasteiger partial charge in [-0.15, -0.1) is 0 Å². The second-order valence-corrected chi connectivity index (χ2v) is 6.57. The molecule has 1 aromatic heterocycles. The van der Waals surface area contributed by atoms with E-state index in [-0.39, 0.29) is 17.8 Å². The van der Waals surface area contributed by atoms with E-state index in [1.54, 1.807) is 12.0 Å². The Labute approximate surface area is 160 Å². The third-order valence-electron chi connectivity index (χ3n) is 4.71. The Morgan fingerprint density at radius 3 is 2.50 bits per heavy atom. The standard InChI is InChI=1S/C19H21F3N4O2/c1-28-15-4-2-13(3-5-15)12-24-17(27)14-7-10-26(11-8-14)18-23-9-6-16(25-18)19(20,21)22/h2-6,9,14H,7-8,10-12H2,1H3,(H,24,27). The fourth-order valence-electron chi connectivity index (χ4n) is 3.08. The molecule has 28 heavy (non-hydrogen) atoms. The van der Waals surface area contributed by atoms with Gasteiger partial charge in [0.1, 0.15) is 11.4 Å². The van der Waals surface area contributed by atoms with Gasteiger partial charge in [-0.3, -0.25) is 4.79 Å². The van der Waals surface area contributed by atoms with Gasteiger partial charge in [-0.25, -0.2) is 9.97 Å². The molecular formula is C19H21F3N4O2. The van der Waals surface area contributed by atoms with Crippen LogP contribution in [0.2, 0.25) is 0 Å². The van der Waals surface area contributed by atoms with Crippen molar-refractivity contribution >= 4 is 11.9 Å². The highest BCUT2D eigenvalue weighted by Crippen LogP contribution is 2.29. The lowest BCUT2D eigenvalue weighted by Crippen LogP contribution is -2.41. The topological polar surface area (TPSA) is 67.3 Å². The quantitative estimate of drug-likeness (QED) is 0.844. The van der Waals surface area contributed by atoms with Crippen LogP contribution >= 0.6 is 0 Å². The summed E-state index contributed by atoms with van der Waals surface area (Å²) in [6, 6.07) is 8.27. The maximum Gasteiger partial charge on any atom is 0.433 e. The molecule has 0 bridgehead atoms. The number of alkyl halides is 3. The van der Waals surface area contributed by atoms with Crippen LogP contribution in [0.15, 0.2) is 36.5 Å². The van der Waals surface area contributed by atoms with Crippen molar-refractivity contribution < 1.29 is 22.7 Å². The highest BCUT2D eigenvalue weighted by atomic mass is 19.4. The Morgan fingerprint density at radius 2 is 1.89 bits per heavy atom. The van der Waals surface area contributed by atoms with Gasteiger partial charge in [0.2, 0.25) is 11.9 Å². The first-order valence-corrected chi connectivity index (χ1v) is 8.92. The smallest absolute Gasteiger partial charge is 0.433 e. The van der Waals surface area contributed by atoms with Crippen molar-refractivity contribution in [1.82, 2.24) is 15.3 Å². The molecule has 0 unspecified atom stereocenters. The van der Waals surface area contributed by atoms with Crippen molar-refractivity contribution in [2.75, 3.05) is 25.1 Å². The van der Waals surface area contributed by atoms with E-state index < -0.39 is 11.9 Å². The summed E-state index contributed by atoms with van der Waals surface area (Å²) < 4.78 is 43.5. The van der Waals surface area contributed by atoms with Crippen molar-refractivity contribution in [1.29, 1.82) is 0 Å². The van der Waals surface area contributed by atoms with Gasteiger partial charge in [0.25, 0.3) is 0 Å². The Hall–Kier alpha value is -2.84. The molecule has 0 atom stereocenters. The van der Waals surface area contributed by atoms with Crippen LogP contribution in [0.25, 0.3) is 0 Å². The molecule has 1 aliphatic rings. The van der Waals surface area contributed by atoms with E-state index in [1.807, 2.05) is 24.3 Å². The SMILES string of the molecule is COc1ccc(CNC(=O)C2CCN(c3nccc(C(F)(F)F)n3)CC2)cc1. The lowest BCUT2D eigenvalue weighted by Gasteiger charge is -2.31. The lowest BCUT2D eigenvalue weighted by molar-refractivity contribution is -0.141.